The normalized spacial score (nSPS) is 10.9. The second kappa shape index (κ2) is 2.06. The van der Waals surface area contributed by atoms with Gasteiger partial charge in [-0.2, -0.15) is 13.2 Å². The first kappa shape index (κ1) is 7.32. The zero-order valence-corrected chi connectivity index (χ0v) is 3.53. The summed E-state index contributed by atoms with van der Waals surface area (Å²) in [5, 5.41) is 0. The van der Waals surface area contributed by atoms with Gasteiger partial charge in [0.1, 0.15) is 0 Å². The lowest BCUT2D eigenvalue weighted by Gasteiger charge is -2.00. The minimum Gasteiger partial charge on any atom is -0.537 e. The van der Waals surface area contributed by atoms with E-state index in [2.05, 4.69) is 12.7 Å². The van der Waals surface area contributed by atoms with Crippen LogP contribution >= 0.6 is 0 Å². The van der Waals surface area contributed by atoms with E-state index >= 15 is 0 Å². The Hall–Kier alpha value is -0.675. The van der Waals surface area contributed by atoms with Crippen LogP contribution in [0.5, 0.6) is 0 Å². The summed E-state index contributed by atoms with van der Waals surface area (Å²) in [6, 6.07) is 0. The molecule has 0 N–H and O–H groups in total. The van der Waals surface area contributed by atoms with E-state index in [9.17, 15) is 18.0 Å². The summed E-state index contributed by atoms with van der Waals surface area (Å²) < 4.78 is 35.5. The Kier molecular flexibility index (Phi) is 1.89. The van der Waals surface area contributed by atoms with Crippen molar-refractivity contribution in [2.45, 2.75) is 6.18 Å². The summed E-state index contributed by atoms with van der Waals surface area (Å²) in [5.74, 6) is -2.39. The fourth-order valence-electron chi connectivity index (χ4n) is 0.0668. The first-order chi connectivity index (χ1) is 3.48. The van der Waals surface area contributed by atoms with Crippen LogP contribution in [0.4, 0.5) is 13.2 Å². The summed E-state index contributed by atoms with van der Waals surface area (Å²) in [4.78, 5) is 9.36. The number of hydrogen-bond acceptors (Lipinski definition) is 2. The number of halogens is 3. The molecule has 0 amide bonds. The first-order valence-corrected chi connectivity index (χ1v) is 1.46. The average molecular weight is 124 g/mol. The van der Waals surface area contributed by atoms with E-state index in [1.165, 1.54) is 0 Å². The van der Waals surface area contributed by atoms with E-state index in [1.54, 1.807) is 0 Å². The minimum absolute atomic E-state index is 2.39. The van der Waals surface area contributed by atoms with Crippen molar-refractivity contribution in [1.82, 2.24) is 0 Å². The van der Waals surface area contributed by atoms with Crippen molar-refractivity contribution in [3.8, 4) is 0 Å². The van der Waals surface area contributed by atoms with Gasteiger partial charge in [0.15, 0.2) is 0 Å². The molecule has 44 valence electrons. The molecule has 0 saturated heterocycles. The van der Waals surface area contributed by atoms with Gasteiger partial charge in [0.25, 0.3) is 0 Å². The van der Waals surface area contributed by atoms with Gasteiger partial charge in [-0.1, -0.05) is 0 Å². The van der Waals surface area contributed by atoms with Crippen molar-refractivity contribution in [3.63, 3.8) is 0 Å². The van der Waals surface area contributed by atoms with Crippen molar-refractivity contribution in [2.24, 2.45) is 0 Å². The SMILES string of the molecule is [B]OC(=O)C(F)(F)F. The molecule has 6 heteroatoms. The van der Waals surface area contributed by atoms with E-state index in [0.29, 0.717) is 0 Å². The van der Waals surface area contributed by atoms with Gasteiger partial charge in [0, 0.05) is 0 Å². The zero-order chi connectivity index (χ0) is 6.78. The molecule has 0 aliphatic rings. The molecule has 0 aromatic carbocycles. The molecule has 0 bridgehead atoms. The summed E-state index contributed by atoms with van der Waals surface area (Å²) in [7, 11) is 3.89. The van der Waals surface area contributed by atoms with Gasteiger partial charge in [0.05, 0.1) is 0 Å². The van der Waals surface area contributed by atoms with E-state index in [1.807, 2.05) is 0 Å². The molecule has 0 aliphatic carbocycles. The number of carbonyl (C=O) groups is 1. The molecule has 0 atom stereocenters. The highest BCUT2D eigenvalue weighted by molar-refractivity contribution is 6.06. The second-order valence-corrected chi connectivity index (χ2v) is 0.903. The lowest BCUT2D eigenvalue weighted by atomic mass is 10.5. The van der Waals surface area contributed by atoms with Crippen LogP contribution in [-0.2, 0) is 9.45 Å². The van der Waals surface area contributed by atoms with Crippen molar-refractivity contribution in [1.29, 1.82) is 0 Å². The molecule has 0 aromatic rings. The maximum atomic E-state index is 10.9. The molecule has 0 spiro atoms. The summed E-state index contributed by atoms with van der Waals surface area (Å²) >= 11 is 0. The molecular formula is C2BF3O2. The van der Waals surface area contributed by atoms with Crippen LogP contribution in [0.3, 0.4) is 0 Å². The maximum absolute atomic E-state index is 10.9. The predicted molar refractivity (Wildman–Crippen MR) is 17.9 cm³/mol. The molecule has 0 saturated carbocycles. The van der Waals surface area contributed by atoms with Gasteiger partial charge in [-0.3, -0.25) is 0 Å². The van der Waals surface area contributed by atoms with Crippen molar-refractivity contribution in [2.75, 3.05) is 0 Å². The minimum atomic E-state index is -4.98. The van der Waals surface area contributed by atoms with E-state index in [0.717, 1.165) is 0 Å². The van der Waals surface area contributed by atoms with Crippen LogP contribution in [0.25, 0.3) is 0 Å². The summed E-state index contributed by atoms with van der Waals surface area (Å²) in [5.41, 5.74) is 0. The zero-order valence-electron chi connectivity index (χ0n) is 3.53. The number of alkyl halides is 3. The summed E-state index contributed by atoms with van der Waals surface area (Å²) in [6.45, 7) is 0. The van der Waals surface area contributed by atoms with Crippen molar-refractivity contribution >= 4 is 14.0 Å². The Morgan fingerprint density at radius 2 is 1.88 bits per heavy atom. The number of carbonyl (C=O) groups excluding carboxylic acids is 1. The molecule has 0 aromatic heterocycles. The molecule has 0 rings (SSSR count). The van der Waals surface area contributed by atoms with Crippen LogP contribution in [0.15, 0.2) is 0 Å². The fraction of sp³-hybridized carbons (Fsp3) is 0.500. The average Bonchev–Trinajstić information content (AvgIpc) is 1.62. The van der Waals surface area contributed by atoms with Crippen LogP contribution in [-0.4, -0.2) is 20.2 Å². The standard InChI is InChI=1S/C2BF3O2/c3-8-1(7)2(4,5)6. The maximum Gasteiger partial charge on any atom is 0.489 e. The Bertz CT molecular complexity index is 97.9. The number of hydrogen-bond donors (Lipinski definition) is 0. The Labute approximate surface area is 44.1 Å². The Morgan fingerprint density at radius 3 is 1.88 bits per heavy atom. The van der Waals surface area contributed by atoms with Gasteiger partial charge < -0.3 is 4.65 Å². The van der Waals surface area contributed by atoms with Crippen LogP contribution in [0.2, 0.25) is 0 Å². The van der Waals surface area contributed by atoms with Crippen LogP contribution < -0.4 is 0 Å². The largest absolute Gasteiger partial charge is 0.537 e. The smallest absolute Gasteiger partial charge is 0.489 e. The lowest BCUT2D eigenvalue weighted by molar-refractivity contribution is -0.189. The van der Waals surface area contributed by atoms with Crippen molar-refractivity contribution in [3.05, 3.63) is 0 Å². The quantitative estimate of drug-likeness (QED) is 0.430. The highest BCUT2D eigenvalue weighted by atomic mass is 19.4. The Balaban J connectivity index is 3.82. The highest BCUT2D eigenvalue weighted by Gasteiger charge is 2.39. The van der Waals surface area contributed by atoms with Gasteiger partial charge in [0.2, 0.25) is 0 Å². The third kappa shape index (κ3) is 1.86. The van der Waals surface area contributed by atoms with Crippen molar-refractivity contribution < 1.29 is 22.6 Å². The monoisotopic (exact) mass is 124 g/mol. The molecule has 2 radical (unpaired) electrons. The van der Waals surface area contributed by atoms with Gasteiger partial charge >= 0.3 is 20.2 Å². The molecule has 0 aliphatic heterocycles. The topological polar surface area (TPSA) is 26.3 Å². The highest BCUT2D eigenvalue weighted by Crippen LogP contribution is 2.15. The van der Waals surface area contributed by atoms with Crippen LogP contribution in [0.1, 0.15) is 0 Å². The molecule has 0 unspecified atom stereocenters. The number of rotatable bonds is 0. The third-order valence-electron chi connectivity index (χ3n) is 0.338. The van der Waals surface area contributed by atoms with E-state index < -0.39 is 12.1 Å². The molecule has 8 heavy (non-hydrogen) atoms. The van der Waals surface area contributed by atoms with Gasteiger partial charge in [-0.25, -0.2) is 4.79 Å². The van der Waals surface area contributed by atoms with E-state index in [4.69, 9.17) is 0 Å². The predicted octanol–water partition coefficient (Wildman–Crippen LogP) is 0.175. The van der Waals surface area contributed by atoms with Crippen LogP contribution in [0, 0.1) is 0 Å². The molecule has 0 heterocycles. The lowest BCUT2D eigenvalue weighted by Crippen LogP contribution is -2.24. The first-order valence-electron chi connectivity index (χ1n) is 1.46. The molecule has 2 nitrogen and oxygen atoms in total. The fourth-order valence-corrected chi connectivity index (χ4v) is 0.0668. The third-order valence-corrected chi connectivity index (χ3v) is 0.338. The van der Waals surface area contributed by atoms with E-state index in [-0.39, 0.29) is 0 Å². The Morgan fingerprint density at radius 1 is 1.50 bits per heavy atom. The molecular weight excluding hydrogens is 124 g/mol. The van der Waals surface area contributed by atoms with Gasteiger partial charge in [-0.05, 0) is 0 Å². The van der Waals surface area contributed by atoms with Gasteiger partial charge in [-0.15, -0.1) is 0 Å². The summed E-state index contributed by atoms with van der Waals surface area (Å²) in [6.07, 6.45) is -4.98. The molecule has 0 fully saturated rings. The second-order valence-electron chi connectivity index (χ2n) is 0.903.